The van der Waals surface area contributed by atoms with Gasteiger partial charge < -0.3 is 78.1 Å². The summed E-state index contributed by atoms with van der Waals surface area (Å²) in [6.45, 7) is -1.85. The number of aliphatic hydroxyl groups is 1. The number of nitrogens with one attached hydrogen (secondary N) is 12. The fourth-order valence-electron chi connectivity index (χ4n) is 6.17. The van der Waals surface area contributed by atoms with Crippen LogP contribution in [-0.4, -0.2) is 163 Å². The van der Waals surface area contributed by atoms with Crippen LogP contribution in [0.5, 0.6) is 0 Å². The van der Waals surface area contributed by atoms with Gasteiger partial charge in [0.2, 0.25) is 41.4 Å². The highest BCUT2D eigenvalue weighted by atomic mass is 16.4. The van der Waals surface area contributed by atoms with E-state index in [2.05, 4.69) is 87.1 Å². The quantitative estimate of drug-likeness (QED) is 0.0246. The molecule has 5 aromatic heterocycles. The molecule has 5 heterocycles. The van der Waals surface area contributed by atoms with Gasteiger partial charge >= 0.3 is 5.97 Å². The summed E-state index contributed by atoms with van der Waals surface area (Å²) >= 11 is 0. The Morgan fingerprint density at radius 1 is 0.462 bits per heavy atom. The van der Waals surface area contributed by atoms with Crippen molar-refractivity contribution in [2.75, 3.05) is 19.7 Å². The van der Waals surface area contributed by atoms with E-state index in [-0.39, 0.29) is 32.1 Å². The number of amides is 7. The maximum Gasteiger partial charge on any atom is 0.326 e. The molecule has 0 saturated carbocycles. The highest BCUT2D eigenvalue weighted by Crippen LogP contribution is 2.09. The lowest BCUT2D eigenvalue weighted by Gasteiger charge is -2.27. The predicted octanol–water partition coefficient (Wildman–Crippen LogP) is -6.12. The van der Waals surface area contributed by atoms with Gasteiger partial charge in [0.05, 0.1) is 51.3 Å². The number of hydrogen-bond donors (Lipinski definition) is 15. The van der Waals surface area contributed by atoms with Crippen LogP contribution in [0.2, 0.25) is 0 Å². The van der Waals surface area contributed by atoms with Gasteiger partial charge in [0, 0.05) is 91.6 Å². The van der Waals surface area contributed by atoms with Gasteiger partial charge in [-0.05, 0) is 0 Å². The first kappa shape index (κ1) is 47.8. The Labute approximate surface area is 367 Å². The molecule has 16 N–H and O–H groups in total. The summed E-state index contributed by atoms with van der Waals surface area (Å²) in [5.41, 5.74) is 7.19. The topological polar surface area (TPSA) is 431 Å². The van der Waals surface area contributed by atoms with E-state index in [1.165, 1.54) is 62.6 Å². The van der Waals surface area contributed by atoms with Crippen LogP contribution in [-0.2, 0) is 70.5 Å². The Kier molecular flexibility index (Phi) is 17.5. The highest BCUT2D eigenvalue weighted by molar-refractivity contribution is 5.97. The van der Waals surface area contributed by atoms with Crippen LogP contribution >= 0.6 is 0 Å². The number of carbonyl (C=O) groups is 8. The molecule has 7 amide bonds. The Morgan fingerprint density at radius 2 is 0.754 bits per heavy atom. The number of nitrogens with zero attached hydrogens (tertiary/aromatic N) is 5. The molecule has 0 aliphatic heterocycles. The second kappa shape index (κ2) is 23.8. The average molecular weight is 905 g/mol. The number of hydrogen-bond acceptors (Lipinski definition) is 15. The van der Waals surface area contributed by atoms with Gasteiger partial charge in [0.25, 0.3) is 0 Å². The van der Waals surface area contributed by atoms with Crippen molar-refractivity contribution in [1.82, 2.24) is 87.1 Å². The van der Waals surface area contributed by atoms with E-state index in [1.807, 2.05) is 0 Å². The van der Waals surface area contributed by atoms with Gasteiger partial charge in [-0.15, -0.1) is 0 Å². The standard InChI is InChI=1S/C37H48N18O10/c38-6-30(57)44-12-31(58)50-29(13-56)36(63)54-26(3-21-9-41-16-47-21)34(61)52-24(1-19-7-39-14-45-19)32(59)51-25(2-20-8-40-15-46-20)33(60)53-27(4-22-10-42-17-48-22)35(62)55-28(37(64)65)5-23-11-43-18-49-23/h7-11,14-18,24-29,56H,1-6,12-13,38H2,(H,39,45)(H,40,46)(H,41,47)(H,42,48)(H,43,49)(H,44,57)(H,50,58)(H,51,59)(H,52,61)(H,53,60)(H,54,63)(H,55,62)(H,64,65)/t24-,25-,26-,27-,28-,29-/m0/s1. The molecule has 5 aromatic rings. The predicted molar refractivity (Wildman–Crippen MR) is 220 cm³/mol. The van der Waals surface area contributed by atoms with Gasteiger partial charge in [-0.1, -0.05) is 0 Å². The number of carboxylic acid groups (broad SMARTS) is 1. The van der Waals surface area contributed by atoms with Crippen LogP contribution in [0.1, 0.15) is 28.5 Å². The first-order valence-corrected chi connectivity index (χ1v) is 19.8. The normalized spacial score (nSPS) is 13.8. The number of aromatic nitrogens is 10. The van der Waals surface area contributed by atoms with Gasteiger partial charge in [-0.3, -0.25) is 33.6 Å². The van der Waals surface area contributed by atoms with E-state index >= 15 is 0 Å². The Hall–Kier alpha value is -8.27. The molecular formula is C37H48N18O10. The Bertz CT molecular complexity index is 2300. The van der Waals surface area contributed by atoms with E-state index in [4.69, 9.17) is 5.73 Å². The molecule has 65 heavy (non-hydrogen) atoms. The molecule has 346 valence electrons. The summed E-state index contributed by atoms with van der Waals surface area (Å²) in [5, 5.41) is 37.1. The summed E-state index contributed by atoms with van der Waals surface area (Å²) in [5.74, 6) is -7.42. The summed E-state index contributed by atoms with van der Waals surface area (Å²) in [6.07, 6.45) is 12.7. The van der Waals surface area contributed by atoms with Crippen molar-refractivity contribution in [3.63, 3.8) is 0 Å². The minimum atomic E-state index is -1.58. The van der Waals surface area contributed by atoms with Gasteiger partial charge in [-0.25, -0.2) is 29.7 Å². The molecule has 0 aliphatic carbocycles. The first-order chi connectivity index (χ1) is 31.3. The molecule has 5 rings (SSSR count). The third-order valence-electron chi connectivity index (χ3n) is 9.51. The molecule has 0 aromatic carbocycles. The summed E-state index contributed by atoms with van der Waals surface area (Å²) < 4.78 is 0. The number of aromatic amines is 5. The number of rotatable bonds is 26. The number of nitrogens with two attached hydrogens (primary N) is 1. The van der Waals surface area contributed by atoms with E-state index in [0.29, 0.717) is 28.5 Å². The van der Waals surface area contributed by atoms with E-state index in [0.717, 1.165) is 0 Å². The zero-order valence-electron chi connectivity index (χ0n) is 34.4. The Morgan fingerprint density at radius 3 is 1.02 bits per heavy atom. The smallest absolute Gasteiger partial charge is 0.326 e. The lowest BCUT2D eigenvalue weighted by Crippen LogP contribution is -2.61. The molecular weight excluding hydrogens is 857 g/mol. The molecule has 0 radical (unpaired) electrons. The third-order valence-corrected chi connectivity index (χ3v) is 9.51. The molecule has 0 saturated heterocycles. The summed E-state index contributed by atoms with van der Waals surface area (Å²) in [7, 11) is 0. The number of carboxylic acids is 1. The first-order valence-electron chi connectivity index (χ1n) is 19.8. The molecule has 0 bridgehead atoms. The summed E-state index contributed by atoms with van der Waals surface area (Å²) in [6, 6.07) is -8.80. The van der Waals surface area contributed by atoms with Crippen LogP contribution in [0.3, 0.4) is 0 Å². The van der Waals surface area contributed by atoms with Crippen LogP contribution < -0.4 is 43.0 Å². The zero-order chi connectivity index (χ0) is 46.7. The van der Waals surface area contributed by atoms with Crippen LogP contribution in [0.4, 0.5) is 0 Å². The SMILES string of the molecule is NCC(=O)NCC(=O)N[C@@H](CO)C(=O)N[C@@H](Cc1cnc[nH]1)C(=O)N[C@@H](Cc1cnc[nH]1)C(=O)N[C@@H](Cc1cnc[nH]1)C(=O)N[C@@H](Cc1cnc[nH]1)C(=O)N[C@@H](Cc1cnc[nH]1)C(=O)O. The van der Waals surface area contributed by atoms with Crippen LogP contribution in [0.15, 0.2) is 62.6 Å². The maximum atomic E-state index is 14.3. The minimum Gasteiger partial charge on any atom is -0.480 e. The van der Waals surface area contributed by atoms with Gasteiger partial charge in [0.15, 0.2) is 0 Å². The van der Waals surface area contributed by atoms with Crippen molar-refractivity contribution < 1.29 is 48.6 Å². The van der Waals surface area contributed by atoms with Crippen molar-refractivity contribution in [3.8, 4) is 0 Å². The van der Waals surface area contributed by atoms with Gasteiger partial charge in [-0.2, -0.15) is 0 Å². The average Bonchev–Trinajstić information content (AvgIpc) is 4.15. The molecule has 0 unspecified atom stereocenters. The largest absolute Gasteiger partial charge is 0.480 e. The van der Waals surface area contributed by atoms with Crippen molar-refractivity contribution in [2.45, 2.75) is 68.4 Å². The molecule has 6 atom stereocenters. The highest BCUT2D eigenvalue weighted by Gasteiger charge is 2.34. The van der Waals surface area contributed by atoms with Crippen molar-refractivity contribution >= 4 is 47.3 Å². The summed E-state index contributed by atoms with van der Waals surface area (Å²) in [4.78, 5) is 140. The maximum absolute atomic E-state index is 14.3. The van der Waals surface area contributed by atoms with Crippen molar-refractivity contribution in [2.24, 2.45) is 5.73 Å². The number of H-pyrrole nitrogens is 5. The number of aliphatic carboxylic acids is 1. The van der Waals surface area contributed by atoms with Gasteiger partial charge in [0.1, 0.15) is 36.3 Å². The number of aliphatic hydroxyl groups excluding tert-OH is 1. The Balaban J connectivity index is 1.36. The zero-order valence-corrected chi connectivity index (χ0v) is 34.4. The second-order valence-corrected chi connectivity index (χ2v) is 14.3. The molecule has 28 heteroatoms. The fraction of sp³-hybridized carbons (Fsp3) is 0.378. The molecule has 0 spiro atoms. The second-order valence-electron chi connectivity index (χ2n) is 14.3. The van der Waals surface area contributed by atoms with Crippen molar-refractivity contribution in [1.29, 1.82) is 0 Å². The third kappa shape index (κ3) is 15.0. The minimum absolute atomic E-state index is 0.157. The molecule has 0 aliphatic rings. The fourth-order valence-corrected chi connectivity index (χ4v) is 6.17. The van der Waals surface area contributed by atoms with Crippen LogP contribution in [0.25, 0.3) is 0 Å². The van der Waals surface area contributed by atoms with E-state index in [9.17, 15) is 48.6 Å². The van der Waals surface area contributed by atoms with E-state index < -0.39 is 103 Å². The van der Waals surface area contributed by atoms with Crippen LogP contribution in [0, 0.1) is 0 Å². The lowest BCUT2D eigenvalue weighted by atomic mass is 10.0. The van der Waals surface area contributed by atoms with E-state index in [1.54, 1.807) is 0 Å². The lowest BCUT2D eigenvalue weighted by molar-refractivity contribution is -0.142. The molecule has 28 nitrogen and oxygen atoms in total. The number of carbonyl (C=O) groups excluding carboxylic acids is 7. The molecule has 0 fully saturated rings. The number of imidazole rings is 5. The monoisotopic (exact) mass is 904 g/mol. The van der Waals surface area contributed by atoms with Crippen molar-refractivity contribution in [3.05, 3.63) is 91.1 Å².